The number of nitrogens with zero attached hydrogens (tertiary/aromatic N) is 3. The summed E-state index contributed by atoms with van der Waals surface area (Å²) >= 11 is 0. The number of benzene rings is 2. The molecule has 1 saturated heterocycles. The largest absolute Gasteiger partial charge is 0.492 e. The van der Waals surface area contributed by atoms with Crippen molar-refractivity contribution < 1.29 is 13.2 Å². The molecule has 31 heavy (non-hydrogen) atoms. The lowest BCUT2D eigenvalue weighted by Gasteiger charge is -2.32. The maximum absolute atomic E-state index is 12.5. The number of aromatic nitrogens is 2. The summed E-state index contributed by atoms with van der Waals surface area (Å²) in [7, 11) is -1.81. The normalized spacial score (nSPS) is 15.8. The first kappa shape index (κ1) is 21.5. The van der Waals surface area contributed by atoms with E-state index in [0.717, 1.165) is 49.4 Å². The molecule has 0 aliphatic carbocycles. The van der Waals surface area contributed by atoms with E-state index in [-0.39, 0.29) is 10.9 Å². The van der Waals surface area contributed by atoms with E-state index in [1.165, 1.54) is 17.1 Å². The molecule has 0 atom stereocenters. The van der Waals surface area contributed by atoms with Gasteiger partial charge in [-0.25, -0.2) is 13.1 Å². The van der Waals surface area contributed by atoms with Gasteiger partial charge in [0, 0.05) is 31.4 Å². The van der Waals surface area contributed by atoms with Crippen molar-refractivity contribution in [3.05, 3.63) is 67.0 Å². The van der Waals surface area contributed by atoms with Gasteiger partial charge in [-0.3, -0.25) is 9.58 Å². The van der Waals surface area contributed by atoms with Gasteiger partial charge in [0.1, 0.15) is 17.3 Å². The zero-order valence-electron chi connectivity index (χ0n) is 17.6. The number of hydrogen-bond acceptors (Lipinski definition) is 5. The monoisotopic (exact) mass is 440 g/mol. The molecule has 1 aliphatic heterocycles. The Morgan fingerprint density at radius 1 is 1.06 bits per heavy atom. The van der Waals surface area contributed by atoms with Crippen LogP contribution >= 0.6 is 0 Å². The Bertz CT molecular complexity index is 1090. The number of likely N-dealkylation sites (tertiary alicyclic amines) is 1. The van der Waals surface area contributed by atoms with Crippen LogP contribution in [0, 0.1) is 0 Å². The Balaban J connectivity index is 1.25. The first-order valence-electron chi connectivity index (χ1n) is 10.5. The molecule has 2 aromatic carbocycles. The van der Waals surface area contributed by atoms with Gasteiger partial charge >= 0.3 is 0 Å². The zero-order valence-corrected chi connectivity index (χ0v) is 18.5. The number of sulfonamides is 1. The van der Waals surface area contributed by atoms with E-state index in [1.54, 1.807) is 7.05 Å². The van der Waals surface area contributed by atoms with E-state index in [1.807, 2.05) is 36.4 Å². The molecule has 3 aromatic rings. The summed E-state index contributed by atoms with van der Waals surface area (Å²) in [6.07, 6.45) is 4.45. The van der Waals surface area contributed by atoms with E-state index in [4.69, 9.17) is 4.74 Å². The van der Waals surface area contributed by atoms with Crippen molar-refractivity contribution in [1.82, 2.24) is 19.4 Å². The van der Waals surface area contributed by atoms with Gasteiger partial charge < -0.3 is 4.74 Å². The van der Waals surface area contributed by atoms with Gasteiger partial charge in [0.05, 0.1) is 6.20 Å². The lowest BCUT2D eigenvalue weighted by atomic mass is 10.1. The van der Waals surface area contributed by atoms with Gasteiger partial charge in [-0.1, -0.05) is 48.5 Å². The van der Waals surface area contributed by atoms with Crippen molar-refractivity contribution in [3.63, 3.8) is 0 Å². The van der Waals surface area contributed by atoms with Gasteiger partial charge in [0.25, 0.3) is 0 Å². The van der Waals surface area contributed by atoms with Crippen molar-refractivity contribution in [3.8, 4) is 16.9 Å². The minimum Gasteiger partial charge on any atom is -0.492 e. The van der Waals surface area contributed by atoms with E-state index in [2.05, 4.69) is 32.9 Å². The average Bonchev–Trinajstić information content (AvgIpc) is 3.23. The minimum absolute atomic E-state index is 0.0545. The third-order valence-corrected chi connectivity index (χ3v) is 7.01. The number of ether oxygens (including phenoxy) is 1. The summed E-state index contributed by atoms with van der Waals surface area (Å²) < 4.78 is 35.4. The fourth-order valence-electron chi connectivity index (χ4n) is 3.83. The number of aryl methyl sites for hydroxylation is 1. The van der Waals surface area contributed by atoms with Crippen LogP contribution in [0.4, 0.5) is 0 Å². The molecule has 1 N–H and O–H groups in total. The average molecular weight is 441 g/mol. The summed E-state index contributed by atoms with van der Waals surface area (Å²) in [6, 6.07) is 18.3. The molecule has 8 heteroatoms. The standard InChI is InChI=1S/C23H28N4O3S/c1-26-18-21(17-24-26)31(28,29)25-20-11-13-27(14-12-20)15-16-30-23-10-6-5-9-22(23)19-7-3-2-4-8-19/h2-10,17-18,20,25H,11-16H2,1H3. The molecule has 0 spiro atoms. The fraction of sp³-hybridized carbons (Fsp3) is 0.348. The van der Waals surface area contributed by atoms with Gasteiger partial charge in [-0.05, 0) is 37.6 Å². The Morgan fingerprint density at radius 3 is 2.48 bits per heavy atom. The molecule has 1 aromatic heterocycles. The predicted molar refractivity (Wildman–Crippen MR) is 120 cm³/mol. The SMILES string of the molecule is Cn1cc(S(=O)(=O)NC2CCN(CCOc3ccccc3-c3ccccc3)CC2)cn1. The van der Waals surface area contributed by atoms with Gasteiger partial charge in [0.2, 0.25) is 10.0 Å². The molecular formula is C23H28N4O3S. The van der Waals surface area contributed by atoms with Crippen LogP contribution in [0.5, 0.6) is 5.75 Å². The topological polar surface area (TPSA) is 76.5 Å². The van der Waals surface area contributed by atoms with Gasteiger partial charge in [0.15, 0.2) is 0 Å². The first-order valence-corrected chi connectivity index (χ1v) is 12.0. The summed E-state index contributed by atoms with van der Waals surface area (Å²) in [4.78, 5) is 2.53. The second kappa shape index (κ2) is 9.64. The van der Waals surface area contributed by atoms with Crippen LogP contribution in [0.2, 0.25) is 0 Å². The van der Waals surface area contributed by atoms with E-state index < -0.39 is 10.0 Å². The van der Waals surface area contributed by atoms with E-state index in [0.29, 0.717) is 6.61 Å². The molecule has 164 valence electrons. The maximum atomic E-state index is 12.5. The second-order valence-corrected chi connectivity index (χ2v) is 9.51. The van der Waals surface area contributed by atoms with E-state index in [9.17, 15) is 8.42 Å². The van der Waals surface area contributed by atoms with Crippen LogP contribution in [0.3, 0.4) is 0 Å². The van der Waals surface area contributed by atoms with Crippen LogP contribution in [0.25, 0.3) is 11.1 Å². The number of para-hydroxylation sites is 1. The van der Waals surface area contributed by atoms with Crippen LogP contribution in [0.1, 0.15) is 12.8 Å². The minimum atomic E-state index is -3.52. The molecule has 7 nitrogen and oxygen atoms in total. The molecule has 0 radical (unpaired) electrons. The zero-order chi connectivity index (χ0) is 21.7. The van der Waals surface area contributed by atoms with Crippen molar-refractivity contribution in [1.29, 1.82) is 0 Å². The molecule has 0 bridgehead atoms. The smallest absolute Gasteiger partial charge is 0.243 e. The quantitative estimate of drug-likeness (QED) is 0.583. The first-order chi connectivity index (χ1) is 15.0. The highest BCUT2D eigenvalue weighted by molar-refractivity contribution is 7.89. The lowest BCUT2D eigenvalue weighted by molar-refractivity contribution is 0.171. The molecule has 0 unspecified atom stereocenters. The summed E-state index contributed by atoms with van der Waals surface area (Å²) in [6.45, 7) is 3.08. The number of hydrogen-bond donors (Lipinski definition) is 1. The number of piperidine rings is 1. The van der Waals surface area contributed by atoms with Crippen LogP contribution < -0.4 is 9.46 Å². The Labute approximate surface area is 183 Å². The van der Waals surface area contributed by atoms with Gasteiger partial charge in [-0.2, -0.15) is 5.10 Å². The Morgan fingerprint density at radius 2 is 1.77 bits per heavy atom. The van der Waals surface area contributed by atoms with E-state index >= 15 is 0 Å². The summed E-state index contributed by atoms with van der Waals surface area (Å²) in [5.41, 5.74) is 2.23. The number of nitrogens with one attached hydrogen (secondary N) is 1. The molecule has 4 rings (SSSR count). The summed E-state index contributed by atoms with van der Waals surface area (Å²) in [5.74, 6) is 0.882. The van der Waals surface area contributed by atoms with Crippen LogP contribution in [-0.2, 0) is 17.1 Å². The molecule has 0 amide bonds. The van der Waals surface area contributed by atoms with Crippen molar-refractivity contribution in [2.24, 2.45) is 7.05 Å². The molecule has 0 saturated carbocycles. The van der Waals surface area contributed by atoms with Crippen molar-refractivity contribution in [2.75, 3.05) is 26.2 Å². The van der Waals surface area contributed by atoms with Crippen molar-refractivity contribution in [2.45, 2.75) is 23.8 Å². The Kier molecular flexibility index (Phi) is 6.70. The molecular weight excluding hydrogens is 412 g/mol. The van der Waals surface area contributed by atoms with Crippen LogP contribution in [0.15, 0.2) is 71.9 Å². The Hall–Kier alpha value is -2.68. The second-order valence-electron chi connectivity index (χ2n) is 7.80. The third kappa shape index (κ3) is 5.52. The highest BCUT2D eigenvalue weighted by Crippen LogP contribution is 2.29. The molecule has 1 fully saturated rings. The summed E-state index contributed by atoms with van der Waals surface area (Å²) in [5, 5.41) is 3.95. The fourth-order valence-corrected chi connectivity index (χ4v) is 5.12. The lowest BCUT2D eigenvalue weighted by Crippen LogP contribution is -2.45. The highest BCUT2D eigenvalue weighted by Gasteiger charge is 2.25. The molecule has 2 heterocycles. The number of rotatable bonds is 8. The predicted octanol–water partition coefficient (Wildman–Crippen LogP) is 2.91. The highest BCUT2D eigenvalue weighted by atomic mass is 32.2. The third-order valence-electron chi connectivity index (χ3n) is 5.54. The van der Waals surface area contributed by atoms with Gasteiger partial charge in [-0.15, -0.1) is 0 Å². The molecule has 1 aliphatic rings. The van der Waals surface area contributed by atoms with Crippen LogP contribution in [-0.4, -0.2) is 55.4 Å². The van der Waals surface area contributed by atoms with Crippen molar-refractivity contribution >= 4 is 10.0 Å². The maximum Gasteiger partial charge on any atom is 0.243 e.